The fourth-order valence-electron chi connectivity index (χ4n) is 7.68. The molecule has 0 amide bonds. The Kier molecular flexibility index (Phi) is 7.31. The maximum Gasteiger partial charge on any atom is 0.166 e. The molecule has 0 aliphatic rings. The number of para-hydroxylation sites is 3. The molecule has 0 bridgehead atoms. The lowest BCUT2D eigenvalue weighted by molar-refractivity contribution is 0.591. The van der Waals surface area contributed by atoms with Gasteiger partial charge in [-0.1, -0.05) is 154 Å². The molecular formula is C49H36N4O. The second-order valence-electron chi connectivity index (χ2n) is 14.9. The number of rotatable bonds is 5. The number of benzene rings is 7. The third-order valence-corrected chi connectivity index (χ3v) is 10.4. The Morgan fingerprint density at radius 1 is 0.444 bits per heavy atom. The molecule has 3 heterocycles. The second kappa shape index (κ2) is 12.4. The van der Waals surface area contributed by atoms with Crippen LogP contribution >= 0.6 is 0 Å². The summed E-state index contributed by atoms with van der Waals surface area (Å²) < 4.78 is 8.94. The normalized spacial score (nSPS) is 12.0. The molecule has 3 aromatic heterocycles. The highest BCUT2D eigenvalue weighted by Crippen LogP contribution is 2.41. The van der Waals surface area contributed by atoms with Crippen molar-refractivity contribution in [2.24, 2.45) is 0 Å². The van der Waals surface area contributed by atoms with E-state index in [2.05, 4.69) is 141 Å². The summed E-state index contributed by atoms with van der Waals surface area (Å²) in [6, 6.07) is 57.1. The minimum absolute atomic E-state index is 0.0309. The highest BCUT2D eigenvalue weighted by molar-refractivity contribution is 6.11. The lowest BCUT2D eigenvalue weighted by Crippen LogP contribution is -2.11. The monoisotopic (exact) mass is 696 g/mol. The van der Waals surface area contributed by atoms with E-state index in [4.69, 9.17) is 19.4 Å². The molecule has 0 fully saturated rings. The summed E-state index contributed by atoms with van der Waals surface area (Å²) in [7, 11) is 0. The van der Waals surface area contributed by atoms with E-state index in [1.807, 2.05) is 48.5 Å². The maximum absolute atomic E-state index is 6.55. The number of fused-ring (bicyclic) bond motifs is 6. The summed E-state index contributed by atoms with van der Waals surface area (Å²) in [5.41, 5.74) is 11.0. The van der Waals surface area contributed by atoms with Gasteiger partial charge in [-0.2, -0.15) is 0 Å². The molecule has 0 N–H and O–H groups in total. The zero-order valence-electron chi connectivity index (χ0n) is 30.3. The van der Waals surface area contributed by atoms with Crippen molar-refractivity contribution in [2.75, 3.05) is 0 Å². The summed E-state index contributed by atoms with van der Waals surface area (Å²) in [5.74, 6) is 1.83. The van der Waals surface area contributed by atoms with Crippen molar-refractivity contribution in [3.8, 4) is 51.0 Å². The van der Waals surface area contributed by atoms with E-state index in [1.54, 1.807) is 0 Å². The van der Waals surface area contributed by atoms with E-state index in [9.17, 15) is 0 Å². The standard InChI is InChI=1S/C49H36N4O/c1-49(2,3)34-26-27-37-36-19-10-12-23-41(36)53(43(37)30-34)42-28-25-33(35-21-14-22-39-38-20-11-13-24-44(38)54-45(35)39)29-40(42)48-51-46(31-15-6-4-7-16-31)50-47(52-48)32-17-8-5-9-18-32/h4-30H,1-3H3. The van der Waals surface area contributed by atoms with Crippen LogP contribution in [-0.2, 0) is 5.41 Å². The molecule has 258 valence electrons. The van der Waals surface area contributed by atoms with Gasteiger partial charge in [-0.05, 0) is 46.9 Å². The average Bonchev–Trinajstić information content (AvgIpc) is 3.76. The van der Waals surface area contributed by atoms with Gasteiger partial charge in [-0.3, -0.25) is 0 Å². The maximum atomic E-state index is 6.55. The molecule has 0 radical (unpaired) electrons. The molecule has 7 aromatic carbocycles. The average molecular weight is 697 g/mol. The van der Waals surface area contributed by atoms with E-state index in [0.29, 0.717) is 17.5 Å². The topological polar surface area (TPSA) is 56.7 Å². The molecule has 0 aliphatic carbocycles. The van der Waals surface area contributed by atoms with E-state index < -0.39 is 0 Å². The number of furan rings is 1. The predicted octanol–water partition coefficient (Wildman–Crippen LogP) is 12.8. The Morgan fingerprint density at radius 3 is 1.78 bits per heavy atom. The molecule has 10 rings (SSSR count). The van der Waals surface area contributed by atoms with Gasteiger partial charge in [0.2, 0.25) is 0 Å². The summed E-state index contributed by atoms with van der Waals surface area (Å²) >= 11 is 0. The largest absolute Gasteiger partial charge is 0.455 e. The van der Waals surface area contributed by atoms with Crippen molar-refractivity contribution in [1.82, 2.24) is 19.5 Å². The van der Waals surface area contributed by atoms with Crippen LogP contribution in [0.4, 0.5) is 0 Å². The third kappa shape index (κ3) is 5.28. The van der Waals surface area contributed by atoms with E-state index in [0.717, 1.165) is 66.5 Å². The van der Waals surface area contributed by atoms with E-state index in [1.165, 1.54) is 16.3 Å². The first kappa shape index (κ1) is 31.9. The first-order valence-corrected chi connectivity index (χ1v) is 18.4. The van der Waals surface area contributed by atoms with Crippen LogP contribution in [0.2, 0.25) is 0 Å². The van der Waals surface area contributed by atoms with Crippen LogP contribution in [0.25, 0.3) is 94.7 Å². The van der Waals surface area contributed by atoms with Gasteiger partial charge in [0.15, 0.2) is 17.5 Å². The lowest BCUT2D eigenvalue weighted by Gasteiger charge is -2.20. The van der Waals surface area contributed by atoms with Crippen molar-refractivity contribution in [2.45, 2.75) is 26.2 Å². The van der Waals surface area contributed by atoms with Crippen LogP contribution in [0.5, 0.6) is 0 Å². The van der Waals surface area contributed by atoms with Crippen molar-refractivity contribution in [3.05, 3.63) is 169 Å². The molecule has 0 atom stereocenters. The molecule has 10 aromatic rings. The first-order chi connectivity index (χ1) is 26.4. The zero-order chi connectivity index (χ0) is 36.4. The Labute approximate surface area is 313 Å². The van der Waals surface area contributed by atoms with Gasteiger partial charge in [0.25, 0.3) is 0 Å². The minimum atomic E-state index is -0.0309. The third-order valence-electron chi connectivity index (χ3n) is 10.4. The fraction of sp³-hybridized carbons (Fsp3) is 0.0816. The first-order valence-electron chi connectivity index (χ1n) is 18.4. The number of aromatic nitrogens is 4. The molecule has 5 nitrogen and oxygen atoms in total. The van der Waals surface area contributed by atoms with Gasteiger partial charge >= 0.3 is 0 Å². The Balaban J connectivity index is 1.31. The smallest absolute Gasteiger partial charge is 0.166 e. The molecule has 0 saturated carbocycles. The highest BCUT2D eigenvalue weighted by Gasteiger charge is 2.23. The second-order valence-corrected chi connectivity index (χ2v) is 14.9. The summed E-state index contributed by atoms with van der Waals surface area (Å²) in [6.07, 6.45) is 0. The van der Waals surface area contributed by atoms with Crippen molar-refractivity contribution in [1.29, 1.82) is 0 Å². The van der Waals surface area contributed by atoms with Crippen molar-refractivity contribution < 1.29 is 4.42 Å². The molecule has 0 saturated heterocycles. The summed E-state index contributed by atoms with van der Waals surface area (Å²) in [4.78, 5) is 15.6. The zero-order valence-corrected chi connectivity index (χ0v) is 30.3. The minimum Gasteiger partial charge on any atom is -0.455 e. The van der Waals surface area contributed by atoms with Crippen molar-refractivity contribution >= 4 is 43.7 Å². The van der Waals surface area contributed by atoms with Crippen molar-refractivity contribution in [3.63, 3.8) is 0 Å². The van der Waals surface area contributed by atoms with Crippen LogP contribution in [-0.4, -0.2) is 19.5 Å². The SMILES string of the molecule is CC(C)(C)c1ccc2c3ccccc3n(-c3ccc(-c4cccc5c4oc4ccccc45)cc3-c3nc(-c4ccccc4)nc(-c4ccccc4)n3)c2c1. The quantitative estimate of drug-likeness (QED) is 0.180. The van der Waals surface area contributed by atoms with Crippen LogP contribution in [0.15, 0.2) is 168 Å². The van der Waals surface area contributed by atoms with Crippen LogP contribution in [0, 0.1) is 0 Å². The number of hydrogen-bond donors (Lipinski definition) is 0. The number of nitrogens with zero attached hydrogens (tertiary/aromatic N) is 4. The molecular weight excluding hydrogens is 661 g/mol. The van der Waals surface area contributed by atoms with Gasteiger partial charge < -0.3 is 8.98 Å². The molecule has 54 heavy (non-hydrogen) atoms. The van der Waals surface area contributed by atoms with Gasteiger partial charge in [-0.25, -0.2) is 15.0 Å². The van der Waals surface area contributed by atoms with Crippen LogP contribution < -0.4 is 0 Å². The molecule has 0 aliphatic heterocycles. The summed E-state index contributed by atoms with van der Waals surface area (Å²) in [5, 5.41) is 4.58. The Hall–Kier alpha value is -6.85. The summed E-state index contributed by atoms with van der Waals surface area (Å²) in [6.45, 7) is 6.79. The van der Waals surface area contributed by atoms with Crippen LogP contribution in [0.3, 0.4) is 0 Å². The van der Waals surface area contributed by atoms with Gasteiger partial charge in [0.1, 0.15) is 11.2 Å². The van der Waals surface area contributed by atoms with Crippen LogP contribution in [0.1, 0.15) is 26.3 Å². The predicted molar refractivity (Wildman–Crippen MR) is 222 cm³/mol. The van der Waals surface area contributed by atoms with Gasteiger partial charge in [0, 0.05) is 43.8 Å². The molecule has 0 spiro atoms. The lowest BCUT2D eigenvalue weighted by atomic mass is 9.86. The molecule has 5 heteroatoms. The molecule has 0 unspecified atom stereocenters. The Bertz CT molecular complexity index is 2970. The van der Waals surface area contributed by atoms with E-state index >= 15 is 0 Å². The number of hydrogen-bond acceptors (Lipinski definition) is 4. The van der Waals surface area contributed by atoms with Gasteiger partial charge in [-0.15, -0.1) is 0 Å². The van der Waals surface area contributed by atoms with E-state index in [-0.39, 0.29) is 5.41 Å². The fourth-order valence-corrected chi connectivity index (χ4v) is 7.68. The highest BCUT2D eigenvalue weighted by atomic mass is 16.3. The Morgan fingerprint density at radius 2 is 1.06 bits per heavy atom. The van der Waals surface area contributed by atoms with Gasteiger partial charge in [0.05, 0.1) is 16.7 Å².